The van der Waals surface area contributed by atoms with E-state index in [1.54, 1.807) is 11.3 Å². The van der Waals surface area contributed by atoms with Crippen LogP contribution in [0.15, 0.2) is 35.7 Å². The first-order valence-corrected chi connectivity index (χ1v) is 8.91. The van der Waals surface area contributed by atoms with Crippen LogP contribution in [0.2, 0.25) is 0 Å². The van der Waals surface area contributed by atoms with Crippen molar-refractivity contribution in [3.05, 3.63) is 52.2 Å². The molecule has 3 nitrogen and oxygen atoms in total. The SMILES string of the molecule is O=C(Cc1cccs1)NC1CCC(Oc2cc(F)cc(F)c2)CC1. The maximum Gasteiger partial charge on any atom is 0.225 e. The molecule has 0 saturated heterocycles. The maximum atomic E-state index is 13.2. The number of carbonyl (C=O) groups excluding carboxylic acids is 1. The Hall–Kier alpha value is -1.95. The molecule has 1 N–H and O–H groups in total. The summed E-state index contributed by atoms with van der Waals surface area (Å²) in [5, 5.41) is 5.01. The van der Waals surface area contributed by atoms with E-state index in [0.29, 0.717) is 6.42 Å². The third-order valence-electron chi connectivity index (χ3n) is 4.09. The topological polar surface area (TPSA) is 38.3 Å². The average molecular weight is 351 g/mol. The summed E-state index contributed by atoms with van der Waals surface area (Å²) in [4.78, 5) is 13.1. The Kier molecular flexibility index (Phi) is 5.45. The highest BCUT2D eigenvalue weighted by Crippen LogP contribution is 2.25. The van der Waals surface area contributed by atoms with Crippen molar-refractivity contribution in [3.63, 3.8) is 0 Å². The predicted octanol–water partition coefficient (Wildman–Crippen LogP) is 4.08. The van der Waals surface area contributed by atoms with Crippen molar-refractivity contribution < 1.29 is 18.3 Å². The van der Waals surface area contributed by atoms with Gasteiger partial charge >= 0.3 is 0 Å². The van der Waals surface area contributed by atoms with Gasteiger partial charge in [0.05, 0.1) is 12.5 Å². The molecule has 0 spiro atoms. The maximum absolute atomic E-state index is 13.2. The zero-order valence-corrected chi connectivity index (χ0v) is 14.0. The molecule has 6 heteroatoms. The van der Waals surface area contributed by atoms with Crippen molar-refractivity contribution in [1.29, 1.82) is 0 Å². The third-order valence-corrected chi connectivity index (χ3v) is 4.97. The van der Waals surface area contributed by atoms with Crippen LogP contribution in [0.5, 0.6) is 5.75 Å². The van der Waals surface area contributed by atoms with Crippen molar-refractivity contribution in [3.8, 4) is 5.75 Å². The lowest BCUT2D eigenvalue weighted by atomic mass is 9.93. The van der Waals surface area contributed by atoms with Crippen molar-refractivity contribution in [1.82, 2.24) is 5.32 Å². The molecule has 0 bridgehead atoms. The summed E-state index contributed by atoms with van der Waals surface area (Å²) in [5.41, 5.74) is 0. The van der Waals surface area contributed by atoms with E-state index < -0.39 is 11.6 Å². The molecule has 1 heterocycles. The van der Waals surface area contributed by atoms with E-state index in [1.807, 2.05) is 17.5 Å². The van der Waals surface area contributed by atoms with Crippen LogP contribution in [0.4, 0.5) is 8.78 Å². The van der Waals surface area contributed by atoms with E-state index in [0.717, 1.165) is 36.6 Å². The number of ether oxygens (including phenoxy) is 1. The molecule has 128 valence electrons. The van der Waals surface area contributed by atoms with Crippen molar-refractivity contribution in [2.45, 2.75) is 44.2 Å². The fourth-order valence-electron chi connectivity index (χ4n) is 2.96. The third kappa shape index (κ3) is 4.77. The molecule has 1 amide bonds. The first-order chi connectivity index (χ1) is 11.6. The number of amides is 1. The number of rotatable bonds is 5. The summed E-state index contributed by atoms with van der Waals surface area (Å²) in [6.45, 7) is 0. The molecule has 1 aromatic carbocycles. The van der Waals surface area contributed by atoms with Gasteiger partial charge in [-0.2, -0.15) is 0 Å². The lowest BCUT2D eigenvalue weighted by Crippen LogP contribution is -2.40. The Morgan fingerprint density at radius 1 is 1.17 bits per heavy atom. The van der Waals surface area contributed by atoms with Gasteiger partial charge < -0.3 is 10.1 Å². The highest BCUT2D eigenvalue weighted by atomic mass is 32.1. The largest absolute Gasteiger partial charge is 0.490 e. The van der Waals surface area contributed by atoms with E-state index in [1.165, 1.54) is 12.1 Å². The number of nitrogens with one attached hydrogen (secondary N) is 1. The van der Waals surface area contributed by atoms with Gasteiger partial charge in [-0.1, -0.05) is 6.07 Å². The van der Waals surface area contributed by atoms with E-state index >= 15 is 0 Å². The van der Waals surface area contributed by atoms with Gasteiger partial charge in [0.15, 0.2) is 0 Å². The van der Waals surface area contributed by atoms with Gasteiger partial charge in [0, 0.05) is 29.1 Å². The van der Waals surface area contributed by atoms with Crippen LogP contribution in [-0.4, -0.2) is 18.1 Å². The molecule has 0 atom stereocenters. The molecule has 1 fully saturated rings. The minimum Gasteiger partial charge on any atom is -0.490 e. The van der Waals surface area contributed by atoms with Crippen LogP contribution in [0.1, 0.15) is 30.6 Å². The predicted molar refractivity (Wildman–Crippen MR) is 89.2 cm³/mol. The molecule has 1 aliphatic carbocycles. The number of hydrogen-bond donors (Lipinski definition) is 1. The highest BCUT2D eigenvalue weighted by Gasteiger charge is 2.24. The Bertz CT molecular complexity index is 662. The standard InChI is InChI=1S/C18H19F2NO2S/c19-12-8-13(20)10-16(9-12)23-15-5-3-14(4-6-15)21-18(22)11-17-2-1-7-24-17/h1-2,7-10,14-15H,3-6,11H2,(H,21,22). The van der Waals surface area contributed by atoms with Gasteiger partial charge in [0.2, 0.25) is 5.91 Å². The Balaban J connectivity index is 1.44. The van der Waals surface area contributed by atoms with Crippen molar-refractivity contribution in [2.24, 2.45) is 0 Å². The van der Waals surface area contributed by atoms with E-state index in [9.17, 15) is 13.6 Å². The van der Waals surface area contributed by atoms with Gasteiger partial charge in [0.1, 0.15) is 17.4 Å². The smallest absolute Gasteiger partial charge is 0.225 e. The average Bonchev–Trinajstić information content (AvgIpc) is 3.01. The molecule has 1 aromatic heterocycles. The number of halogens is 2. The van der Waals surface area contributed by atoms with E-state index in [4.69, 9.17) is 4.74 Å². The monoisotopic (exact) mass is 351 g/mol. The fraction of sp³-hybridized carbons (Fsp3) is 0.389. The molecular formula is C18H19F2NO2S. The second-order valence-electron chi connectivity index (χ2n) is 6.02. The summed E-state index contributed by atoms with van der Waals surface area (Å²) in [5.74, 6) is -1.02. The van der Waals surface area contributed by atoms with Gasteiger partial charge in [-0.25, -0.2) is 8.78 Å². The first-order valence-electron chi connectivity index (χ1n) is 8.03. The normalized spacial score (nSPS) is 20.6. The number of carbonyl (C=O) groups is 1. The van der Waals surface area contributed by atoms with Crippen LogP contribution in [0, 0.1) is 11.6 Å². The molecule has 0 radical (unpaired) electrons. The van der Waals surface area contributed by atoms with Crippen molar-refractivity contribution in [2.75, 3.05) is 0 Å². The fourth-order valence-corrected chi connectivity index (χ4v) is 3.67. The molecule has 1 saturated carbocycles. The summed E-state index contributed by atoms with van der Waals surface area (Å²) in [6.07, 6.45) is 3.45. The Morgan fingerprint density at radius 3 is 2.50 bits per heavy atom. The van der Waals surface area contributed by atoms with Gasteiger partial charge in [0.25, 0.3) is 0 Å². The summed E-state index contributed by atoms with van der Waals surface area (Å²) < 4.78 is 32.0. The van der Waals surface area contributed by atoms with Gasteiger partial charge in [-0.15, -0.1) is 11.3 Å². The molecular weight excluding hydrogens is 332 g/mol. The Morgan fingerprint density at radius 2 is 1.88 bits per heavy atom. The lowest BCUT2D eigenvalue weighted by Gasteiger charge is -2.29. The minimum atomic E-state index is -0.639. The zero-order chi connectivity index (χ0) is 16.9. The molecule has 2 aromatic rings. The molecule has 24 heavy (non-hydrogen) atoms. The van der Waals surface area contributed by atoms with Crippen LogP contribution >= 0.6 is 11.3 Å². The molecule has 0 aliphatic heterocycles. The zero-order valence-electron chi connectivity index (χ0n) is 13.1. The van der Waals surface area contributed by atoms with Gasteiger partial charge in [-0.3, -0.25) is 4.79 Å². The molecule has 0 unspecified atom stereocenters. The van der Waals surface area contributed by atoms with Crippen LogP contribution < -0.4 is 10.1 Å². The second kappa shape index (κ2) is 7.75. The minimum absolute atomic E-state index is 0.0361. The number of benzene rings is 1. The first kappa shape index (κ1) is 16.9. The van der Waals surface area contributed by atoms with Gasteiger partial charge in [-0.05, 0) is 37.1 Å². The summed E-state index contributed by atoms with van der Waals surface area (Å²) in [7, 11) is 0. The molecule has 1 aliphatic rings. The Labute approximate surface area is 143 Å². The second-order valence-corrected chi connectivity index (χ2v) is 7.05. The molecule has 3 rings (SSSR count). The number of hydrogen-bond acceptors (Lipinski definition) is 3. The lowest BCUT2D eigenvalue weighted by molar-refractivity contribution is -0.121. The summed E-state index contributed by atoms with van der Waals surface area (Å²) in [6, 6.07) is 7.24. The quantitative estimate of drug-likeness (QED) is 0.882. The number of thiophene rings is 1. The van der Waals surface area contributed by atoms with Crippen molar-refractivity contribution >= 4 is 17.2 Å². The van der Waals surface area contributed by atoms with E-state index in [-0.39, 0.29) is 23.8 Å². The van der Waals surface area contributed by atoms with Crippen LogP contribution in [-0.2, 0) is 11.2 Å². The van der Waals surface area contributed by atoms with Crippen LogP contribution in [0.25, 0.3) is 0 Å². The summed E-state index contributed by atoms with van der Waals surface area (Å²) >= 11 is 1.58. The van der Waals surface area contributed by atoms with Crippen LogP contribution in [0.3, 0.4) is 0 Å². The van der Waals surface area contributed by atoms with E-state index in [2.05, 4.69) is 5.32 Å². The highest BCUT2D eigenvalue weighted by molar-refractivity contribution is 7.10.